The van der Waals surface area contributed by atoms with Gasteiger partial charge >= 0.3 is 11.8 Å². The van der Waals surface area contributed by atoms with Crippen LogP contribution in [0.4, 0.5) is 11.4 Å². The van der Waals surface area contributed by atoms with Crippen molar-refractivity contribution in [2.75, 3.05) is 17.2 Å². The Morgan fingerprint density at radius 3 is 2.24 bits per heavy atom. The molecule has 3 aromatic rings. The Hall–Kier alpha value is -4.17. The first kappa shape index (κ1) is 24.5. The van der Waals surface area contributed by atoms with E-state index in [1.807, 2.05) is 38.1 Å². The molecule has 0 atom stereocenters. The molecule has 0 spiro atoms. The van der Waals surface area contributed by atoms with Gasteiger partial charge in [0.2, 0.25) is 0 Å². The summed E-state index contributed by atoms with van der Waals surface area (Å²) in [6.07, 6.45) is 1.38. The molecule has 0 radical (unpaired) electrons. The molecule has 3 N–H and O–H groups in total. The summed E-state index contributed by atoms with van der Waals surface area (Å²) in [7, 11) is 0. The summed E-state index contributed by atoms with van der Waals surface area (Å²) >= 11 is 6.01. The van der Waals surface area contributed by atoms with Crippen molar-refractivity contribution in [3.8, 4) is 5.75 Å². The fourth-order valence-electron chi connectivity index (χ4n) is 2.71. The minimum Gasteiger partial charge on any atom is -0.484 e. The van der Waals surface area contributed by atoms with Crippen molar-refractivity contribution in [3.05, 3.63) is 88.4 Å². The SMILES string of the molecule is Cc1ccc(NC(=O)COc2ccc(/C=N\NC(=O)C(=O)Nc3ccc(C)c(Cl)c3)cc2)cc1. The fraction of sp³-hybridized carbons (Fsp3) is 0.120. The van der Waals surface area contributed by atoms with E-state index in [4.69, 9.17) is 16.3 Å². The van der Waals surface area contributed by atoms with Gasteiger partial charge in [-0.1, -0.05) is 35.4 Å². The molecule has 8 nitrogen and oxygen atoms in total. The normalized spacial score (nSPS) is 10.6. The third-order valence-corrected chi connectivity index (χ3v) is 5.01. The number of hydrazone groups is 1. The molecule has 3 amide bonds. The first-order chi connectivity index (χ1) is 16.3. The van der Waals surface area contributed by atoms with Crippen molar-refractivity contribution >= 4 is 46.9 Å². The average molecular weight is 479 g/mol. The third kappa shape index (κ3) is 7.46. The second-order valence-corrected chi connectivity index (χ2v) is 7.80. The van der Waals surface area contributed by atoms with E-state index in [0.29, 0.717) is 27.7 Å². The highest BCUT2D eigenvalue weighted by atomic mass is 35.5. The lowest BCUT2D eigenvalue weighted by molar-refractivity contribution is -0.136. The lowest BCUT2D eigenvalue weighted by Crippen LogP contribution is -2.32. The number of hydrogen-bond acceptors (Lipinski definition) is 5. The molecule has 0 unspecified atom stereocenters. The summed E-state index contributed by atoms with van der Waals surface area (Å²) < 4.78 is 5.48. The number of rotatable bonds is 7. The zero-order valence-corrected chi connectivity index (χ0v) is 19.3. The van der Waals surface area contributed by atoms with Gasteiger partial charge < -0.3 is 15.4 Å². The number of amides is 3. The number of carbonyl (C=O) groups is 3. The van der Waals surface area contributed by atoms with Crippen LogP contribution >= 0.6 is 11.6 Å². The number of hydrogen-bond donors (Lipinski definition) is 3. The Kier molecular flexibility index (Phi) is 8.37. The molecule has 0 aliphatic carbocycles. The molecule has 0 bridgehead atoms. The molecule has 0 heterocycles. The maximum Gasteiger partial charge on any atom is 0.329 e. The Balaban J connectivity index is 1.43. The van der Waals surface area contributed by atoms with E-state index in [2.05, 4.69) is 21.2 Å². The minimum atomic E-state index is -0.924. The molecule has 3 rings (SSSR count). The second kappa shape index (κ2) is 11.6. The largest absolute Gasteiger partial charge is 0.484 e. The predicted molar refractivity (Wildman–Crippen MR) is 132 cm³/mol. The molecule has 0 aliphatic heterocycles. The average Bonchev–Trinajstić information content (AvgIpc) is 2.82. The van der Waals surface area contributed by atoms with Crippen LogP contribution in [0.2, 0.25) is 5.02 Å². The van der Waals surface area contributed by atoms with E-state index < -0.39 is 11.8 Å². The number of aryl methyl sites for hydroxylation is 2. The van der Waals surface area contributed by atoms with Crippen molar-refractivity contribution in [1.29, 1.82) is 0 Å². The molecule has 0 aromatic heterocycles. The van der Waals surface area contributed by atoms with Crippen LogP contribution in [0.5, 0.6) is 5.75 Å². The number of benzene rings is 3. The van der Waals surface area contributed by atoms with Crippen LogP contribution < -0.4 is 20.8 Å². The van der Waals surface area contributed by atoms with Crippen molar-refractivity contribution in [3.63, 3.8) is 0 Å². The van der Waals surface area contributed by atoms with Crippen molar-refractivity contribution in [1.82, 2.24) is 5.43 Å². The van der Waals surface area contributed by atoms with Gasteiger partial charge in [-0.25, -0.2) is 5.43 Å². The summed E-state index contributed by atoms with van der Waals surface area (Å²) in [4.78, 5) is 35.9. The molecular weight excluding hydrogens is 456 g/mol. The minimum absolute atomic E-state index is 0.140. The summed E-state index contributed by atoms with van der Waals surface area (Å²) in [5.74, 6) is -1.57. The lowest BCUT2D eigenvalue weighted by Gasteiger charge is -2.08. The summed E-state index contributed by atoms with van der Waals surface area (Å²) in [5, 5.41) is 9.46. The van der Waals surface area contributed by atoms with Crippen molar-refractivity contribution in [2.24, 2.45) is 5.10 Å². The van der Waals surface area contributed by atoms with Gasteiger partial charge in [0, 0.05) is 16.4 Å². The quantitative estimate of drug-likeness (QED) is 0.270. The summed E-state index contributed by atoms with van der Waals surface area (Å²) in [5.41, 5.74) is 5.88. The zero-order chi connectivity index (χ0) is 24.5. The molecular formula is C25H23ClN4O4. The number of ether oxygens (including phenoxy) is 1. The van der Waals surface area contributed by atoms with Gasteiger partial charge in [0.25, 0.3) is 5.91 Å². The van der Waals surface area contributed by atoms with Gasteiger partial charge in [-0.15, -0.1) is 0 Å². The molecule has 34 heavy (non-hydrogen) atoms. The molecule has 0 fully saturated rings. The summed E-state index contributed by atoms with van der Waals surface area (Å²) in [6, 6.07) is 19.1. The van der Waals surface area contributed by atoms with Gasteiger partial charge in [-0.3, -0.25) is 14.4 Å². The predicted octanol–water partition coefficient (Wildman–Crippen LogP) is 4.06. The lowest BCUT2D eigenvalue weighted by atomic mass is 10.2. The van der Waals surface area contributed by atoms with Crippen LogP contribution in [-0.2, 0) is 14.4 Å². The van der Waals surface area contributed by atoms with E-state index in [0.717, 1.165) is 11.1 Å². The first-order valence-electron chi connectivity index (χ1n) is 10.3. The monoisotopic (exact) mass is 478 g/mol. The smallest absolute Gasteiger partial charge is 0.329 e. The topological polar surface area (TPSA) is 109 Å². The van der Waals surface area contributed by atoms with Crippen LogP contribution in [0, 0.1) is 13.8 Å². The number of anilines is 2. The number of nitrogens with one attached hydrogen (secondary N) is 3. The summed E-state index contributed by atoms with van der Waals surface area (Å²) in [6.45, 7) is 3.66. The molecule has 0 aliphatic rings. The van der Waals surface area contributed by atoms with E-state index in [9.17, 15) is 14.4 Å². The van der Waals surface area contributed by atoms with E-state index >= 15 is 0 Å². The third-order valence-electron chi connectivity index (χ3n) is 4.60. The van der Waals surface area contributed by atoms with Gasteiger partial charge in [-0.2, -0.15) is 5.10 Å². The number of carbonyl (C=O) groups excluding carboxylic acids is 3. The maximum absolute atomic E-state index is 12.0. The molecule has 3 aromatic carbocycles. The second-order valence-electron chi connectivity index (χ2n) is 7.39. The zero-order valence-electron chi connectivity index (χ0n) is 18.6. The van der Waals surface area contributed by atoms with E-state index in [-0.39, 0.29) is 12.5 Å². The number of halogens is 1. The van der Waals surface area contributed by atoms with E-state index in [1.165, 1.54) is 6.21 Å². The Bertz CT molecular complexity index is 1210. The van der Waals surface area contributed by atoms with E-state index in [1.54, 1.807) is 42.5 Å². The van der Waals surface area contributed by atoms with Crippen LogP contribution in [0.15, 0.2) is 71.8 Å². The van der Waals surface area contributed by atoms with Gasteiger partial charge in [-0.05, 0) is 73.5 Å². The number of nitrogens with zero attached hydrogens (tertiary/aromatic N) is 1. The maximum atomic E-state index is 12.0. The highest BCUT2D eigenvalue weighted by Gasteiger charge is 2.13. The highest BCUT2D eigenvalue weighted by molar-refractivity contribution is 6.39. The van der Waals surface area contributed by atoms with Gasteiger partial charge in [0.1, 0.15) is 5.75 Å². The first-order valence-corrected chi connectivity index (χ1v) is 10.7. The molecule has 174 valence electrons. The Morgan fingerprint density at radius 1 is 0.882 bits per heavy atom. The van der Waals surface area contributed by atoms with Crippen molar-refractivity contribution in [2.45, 2.75) is 13.8 Å². The molecule has 9 heteroatoms. The fourth-order valence-corrected chi connectivity index (χ4v) is 2.89. The van der Waals surface area contributed by atoms with Crippen LogP contribution in [0.3, 0.4) is 0 Å². The standard InChI is InChI=1S/C25H23ClN4O4/c1-16-3-8-19(9-4-16)28-23(31)15-34-21-11-6-18(7-12-21)14-27-30-25(33)24(32)29-20-10-5-17(2)22(26)13-20/h3-14H,15H2,1-2H3,(H,28,31)(H,29,32)(H,30,33)/b27-14-. The Morgan fingerprint density at radius 2 is 1.56 bits per heavy atom. The highest BCUT2D eigenvalue weighted by Crippen LogP contribution is 2.19. The van der Waals surface area contributed by atoms with Crippen LogP contribution in [0.25, 0.3) is 0 Å². The van der Waals surface area contributed by atoms with Gasteiger partial charge in [0.15, 0.2) is 6.61 Å². The molecule has 0 saturated carbocycles. The molecule has 0 saturated heterocycles. The van der Waals surface area contributed by atoms with Gasteiger partial charge in [0.05, 0.1) is 6.21 Å². The van der Waals surface area contributed by atoms with Crippen LogP contribution in [0.1, 0.15) is 16.7 Å². The van der Waals surface area contributed by atoms with Crippen LogP contribution in [-0.4, -0.2) is 30.5 Å². The van der Waals surface area contributed by atoms with Crippen molar-refractivity contribution < 1.29 is 19.1 Å². The Labute approximate surface area is 202 Å².